The highest BCUT2D eigenvalue weighted by atomic mass is 16.5. The molecule has 0 aliphatic heterocycles. The monoisotopic (exact) mass is 376 g/mol. The molecule has 4 heteroatoms. The van der Waals surface area contributed by atoms with Gasteiger partial charge in [0.15, 0.2) is 0 Å². The zero-order valence-corrected chi connectivity index (χ0v) is 17.0. The average molecular weight is 377 g/mol. The Balaban J connectivity index is 1.81. The lowest BCUT2D eigenvalue weighted by Crippen LogP contribution is -2.27. The van der Waals surface area contributed by atoms with Gasteiger partial charge in [0.25, 0.3) is 0 Å². The van der Waals surface area contributed by atoms with E-state index in [4.69, 9.17) is 4.74 Å². The molecule has 0 aromatic rings. The number of Topliss-reactive ketones (excluding diaryl/α,β-unsaturated/α-hetero) is 1. The van der Waals surface area contributed by atoms with Crippen molar-refractivity contribution >= 4 is 11.8 Å². The number of hydrogen-bond acceptors (Lipinski definition) is 4. The number of rotatable bonds is 11. The Morgan fingerprint density at radius 2 is 2.00 bits per heavy atom. The van der Waals surface area contributed by atoms with Gasteiger partial charge in [-0.25, -0.2) is 0 Å². The lowest BCUT2D eigenvalue weighted by molar-refractivity contribution is -0.143. The van der Waals surface area contributed by atoms with Crippen LogP contribution >= 0.6 is 0 Å². The van der Waals surface area contributed by atoms with E-state index >= 15 is 0 Å². The quantitative estimate of drug-likeness (QED) is 0.321. The van der Waals surface area contributed by atoms with Crippen LogP contribution in [0, 0.1) is 17.8 Å². The van der Waals surface area contributed by atoms with E-state index in [1.165, 1.54) is 18.4 Å². The van der Waals surface area contributed by atoms with Crippen molar-refractivity contribution in [3.8, 4) is 0 Å². The molecule has 0 spiro atoms. The van der Waals surface area contributed by atoms with Crippen LogP contribution in [0.25, 0.3) is 0 Å². The molecule has 0 aromatic heterocycles. The molecule has 27 heavy (non-hydrogen) atoms. The lowest BCUT2D eigenvalue weighted by atomic mass is 9.87. The number of hydrogen-bond donors (Lipinski definition) is 1. The standard InChI is InChI=1S/C23H36O4/c1-3-5-6-7-8-12-20(24)23-19-15-17(14-18(19)16-21(23)25)11-9-10-13-22(26)27-4-2/h8,11-12,18-20,23-24H,3-7,9-10,13-16H2,1-2H3/b12-8+,17-11+/t18-,19-,20?,23-/m0/s1. The maximum atomic E-state index is 12.4. The molecule has 0 radical (unpaired) electrons. The van der Waals surface area contributed by atoms with E-state index in [9.17, 15) is 14.7 Å². The molecular formula is C23H36O4. The van der Waals surface area contributed by atoms with Crippen molar-refractivity contribution in [2.45, 2.75) is 84.2 Å². The number of esters is 1. The third-order valence-electron chi connectivity index (χ3n) is 5.92. The smallest absolute Gasteiger partial charge is 0.305 e. The van der Waals surface area contributed by atoms with Gasteiger partial charge < -0.3 is 9.84 Å². The van der Waals surface area contributed by atoms with Gasteiger partial charge in [0.2, 0.25) is 0 Å². The van der Waals surface area contributed by atoms with E-state index in [0.29, 0.717) is 25.4 Å². The maximum absolute atomic E-state index is 12.4. The molecule has 2 aliphatic carbocycles. The third-order valence-corrected chi connectivity index (χ3v) is 5.92. The van der Waals surface area contributed by atoms with Crippen LogP contribution in [-0.4, -0.2) is 29.6 Å². The number of allylic oxidation sites excluding steroid dienone is 3. The van der Waals surface area contributed by atoms with Crippen LogP contribution in [0.15, 0.2) is 23.8 Å². The summed E-state index contributed by atoms with van der Waals surface area (Å²) in [7, 11) is 0. The first-order valence-corrected chi connectivity index (χ1v) is 10.8. The van der Waals surface area contributed by atoms with Crippen LogP contribution in [0.2, 0.25) is 0 Å². The summed E-state index contributed by atoms with van der Waals surface area (Å²) >= 11 is 0. The van der Waals surface area contributed by atoms with Crippen LogP contribution in [0.1, 0.15) is 78.1 Å². The second-order valence-electron chi connectivity index (χ2n) is 8.00. The predicted molar refractivity (Wildman–Crippen MR) is 107 cm³/mol. The molecule has 0 bridgehead atoms. The number of unbranched alkanes of at least 4 members (excludes halogenated alkanes) is 4. The molecule has 4 atom stereocenters. The van der Waals surface area contributed by atoms with Gasteiger partial charge in [-0.15, -0.1) is 0 Å². The van der Waals surface area contributed by atoms with Crippen LogP contribution in [-0.2, 0) is 14.3 Å². The molecule has 0 aromatic carbocycles. The Hall–Kier alpha value is -1.42. The summed E-state index contributed by atoms with van der Waals surface area (Å²) in [6.45, 7) is 4.44. The number of carbonyl (C=O) groups excluding carboxylic acids is 2. The summed E-state index contributed by atoms with van der Waals surface area (Å²) in [6, 6.07) is 0. The van der Waals surface area contributed by atoms with E-state index < -0.39 is 6.10 Å². The molecule has 152 valence electrons. The van der Waals surface area contributed by atoms with Crippen LogP contribution in [0.3, 0.4) is 0 Å². The van der Waals surface area contributed by atoms with Crippen molar-refractivity contribution in [2.24, 2.45) is 17.8 Å². The Labute approximate surface area is 164 Å². The molecular weight excluding hydrogens is 340 g/mol. The minimum atomic E-state index is -0.641. The number of carbonyl (C=O) groups is 2. The fourth-order valence-corrected chi connectivity index (χ4v) is 4.58. The molecule has 1 unspecified atom stereocenters. The number of ketones is 1. The molecule has 2 rings (SSSR count). The second kappa shape index (κ2) is 11.4. The zero-order valence-electron chi connectivity index (χ0n) is 17.0. The first-order chi connectivity index (χ1) is 13.1. The summed E-state index contributed by atoms with van der Waals surface area (Å²) in [4.78, 5) is 23.8. The molecule has 2 fully saturated rings. The number of aliphatic hydroxyl groups excluding tert-OH is 1. The van der Waals surface area contributed by atoms with Crippen molar-refractivity contribution in [1.82, 2.24) is 0 Å². The normalized spacial score (nSPS) is 27.4. The highest BCUT2D eigenvalue weighted by Crippen LogP contribution is 2.49. The van der Waals surface area contributed by atoms with Crippen molar-refractivity contribution in [1.29, 1.82) is 0 Å². The van der Waals surface area contributed by atoms with Gasteiger partial charge in [-0.3, -0.25) is 9.59 Å². The molecule has 0 saturated heterocycles. The summed E-state index contributed by atoms with van der Waals surface area (Å²) in [5.74, 6) is 0.546. The second-order valence-corrected chi connectivity index (χ2v) is 8.00. The minimum Gasteiger partial charge on any atom is -0.466 e. The van der Waals surface area contributed by atoms with E-state index in [1.807, 2.05) is 19.1 Å². The van der Waals surface area contributed by atoms with E-state index in [0.717, 1.165) is 38.5 Å². The van der Waals surface area contributed by atoms with Gasteiger partial charge in [0.05, 0.1) is 18.6 Å². The third kappa shape index (κ3) is 6.60. The molecule has 1 N–H and O–H groups in total. The van der Waals surface area contributed by atoms with Crippen molar-refractivity contribution in [2.75, 3.05) is 6.61 Å². The number of ether oxygens (including phenoxy) is 1. The fraction of sp³-hybridized carbons (Fsp3) is 0.739. The van der Waals surface area contributed by atoms with E-state index in [-0.39, 0.29) is 23.6 Å². The number of fused-ring (bicyclic) bond motifs is 1. The topological polar surface area (TPSA) is 63.6 Å². The highest BCUT2D eigenvalue weighted by Gasteiger charge is 2.48. The fourth-order valence-electron chi connectivity index (χ4n) is 4.58. The van der Waals surface area contributed by atoms with Crippen molar-refractivity contribution < 1.29 is 19.4 Å². The molecule has 0 heterocycles. The Morgan fingerprint density at radius 1 is 1.19 bits per heavy atom. The molecule has 2 aliphatic rings. The summed E-state index contributed by atoms with van der Waals surface area (Å²) in [5.41, 5.74) is 1.39. The Bertz CT molecular complexity index is 549. The predicted octanol–water partition coefficient (Wildman–Crippen LogP) is 4.76. The van der Waals surface area contributed by atoms with Gasteiger partial charge in [-0.2, -0.15) is 0 Å². The summed E-state index contributed by atoms with van der Waals surface area (Å²) in [5, 5.41) is 10.6. The first-order valence-electron chi connectivity index (χ1n) is 10.8. The van der Waals surface area contributed by atoms with Crippen LogP contribution < -0.4 is 0 Å². The molecule has 4 nitrogen and oxygen atoms in total. The van der Waals surface area contributed by atoms with E-state index in [1.54, 1.807) is 0 Å². The largest absolute Gasteiger partial charge is 0.466 e. The van der Waals surface area contributed by atoms with Crippen LogP contribution in [0.5, 0.6) is 0 Å². The van der Waals surface area contributed by atoms with Gasteiger partial charge >= 0.3 is 5.97 Å². The Kier molecular flexibility index (Phi) is 9.26. The first kappa shape index (κ1) is 21.9. The molecule has 2 saturated carbocycles. The summed E-state index contributed by atoms with van der Waals surface area (Å²) in [6.07, 6.45) is 14.7. The Morgan fingerprint density at radius 3 is 2.74 bits per heavy atom. The number of aliphatic hydroxyl groups is 1. The highest BCUT2D eigenvalue weighted by molar-refractivity contribution is 5.85. The SMILES string of the molecule is CCCCC/C=C/C(O)[C@H]1C(=O)C[C@@H]2C/C(=C\CCCC(=O)OCC)C[C@@H]21. The van der Waals surface area contributed by atoms with Crippen molar-refractivity contribution in [3.63, 3.8) is 0 Å². The van der Waals surface area contributed by atoms with Crippen molar-refractivity contribution in [3.05, 3.63) is 23.8 Å². The van der Waals surface area contributed by atoms with Gasteiger partial charge in [0.1, 0.15) is 5.78 Å². The minimum absolute atomic E-state index is 0.126. The average Bonchev–Trinajstić information content (AvgIpc) is 3.14. The van der Waals surface area contributed by atoms with Gasteiger partial charge in [-0.05, 0) is 57.3 Å². The summed E-state index contributed by atoms with van der Waals surface area (Å²) < 4.78 is 4.95. The lowest BCUT2D eigenvalue weighted by Gasteiger charge is -2.20. The van der Waals surface area contributed by atoms with Gasteiger partial charge in [0, 0.05) is 12.8 Å². The van der Waals surface area contributed by atoms with Crippen LogP contribution in [0.4, 0.5) is 0 Å². The maximum Gasteiger partial charge on any atom is 0.305 e. The van der Waals surface area contributed by atoms with Gasteiger partial charge in [-0.1, -0.05) is 43.6 Å². The molecule has 0 amide bonds. The van der Waals surface area contributed by atoms with E-state index in [2.05, 4.69) is 13.0 Å². The zero-order chi connectivity index (χ0) is 19.6.